The van der Waals surface area contributed by atoms with Gasteiger partial charge < -0.3 is 5.32 Å². The molecule has 1 aliphatic rings. The van der Waals surface area contributed by atoms with Gasteiger partial charge in [0.05, 0.1) is 27.9 Å². The second-order valence-corrected chi connectivity index (χ2v) is 7.25. The van der Waals surface area contributed by atoms with Gasteiger partial charge in [-0.15, -0.1) is 0 Å². The average Bonchev–Trinajstić information content (AvgIpc) is 3.52. The number of benzene rings is 2. The molecule has 6 nitrogen and oxygen atoms in total. The van der Waals surface area contributed by atoms with E-state index >= 15 is 0 Å². The first-order valence-electron chi connectivity index (χ1n) is 8.60. The minimum Gasteiger partial charge on any atom is -0.324 e. The average molecular weight is 376 g/mol. The Morgan fingerprint density at radius 2 is 1.96 bits per heavy atom. The summed E-state index contributed by atoms with van der Waals surface area (Å²) in [5, 5.41) is 13.0. The van der Waals surface area contributed by atoms with Gasteiger partial charge >= 0.3 is 0 Å². The lowest BCUT2D eigenvalue weighted by Crippen LogP contribution is -2.23. The molecule has 0 saturated heterocycles. The number of hydrogen-bond acceptors (Lipinski definition) is 5. The molecule has 4 rings (SSSR count). The molecule has 0 bridgehead atoms. The van der Waals surface area contributed by atoms with Gasteiger partial charge in [0.25, 0.3) is 5.56 Å². The van der Waals surface area contributed by atoms with Gasteiger partial charge in [-0.1, -0.05) is 36.0 Å². The van der Waals surface area contributed by atoms with E-state index in [1.54, 1.807) is 41.0 Å². The summed E-state index contributed by atoms with van der Waals surface area (Å²) < 4.78 is 1.71. The normalized spacial score (nSPS) is 13.3. The molecule has 3 aromatic rings. The summed E-state index contributed by atoms with van der Waals surface area (Å²) in [7, 11) is 0. The number of nitrogens with zero attached hydrogens (tertiary/aromatic N) is 3. The number of hydrogen-bond donors (Lipinski definition) is 1. The Balaban J connectivity index is 1.57. The van der Waals surface area contributed by atoms with Gasteiger partial charge in [0, 0.05) is 6.04 Å². The number of nitriles is 1. The van der Waals surface area contributed by atoms with Crippen LogP contribution in [0.5, 0.6) is 0 Å². The molecule has 0 radical (unpaired) electrons. The number of anilines is 1. The van der Waals surface area contributed by atoms with Gasteiger partial charge in [-0.2, -0.15) is 5.26 Å². The van der Waals surface area contributed by atoms with E-state index in [0.717, 1.165) is 12.8 Å². The van der Waals surface area contributed by atoms with Crippen LogP contribution in [-0.4, -0.2) is 21.2 Å². The van der Waals surface area contributed by atoms with Crippen molar-refractivity contribution in [2.24, 2.45) is 0 Å². The Morgan fingerprint density at radius 3 is 2.74 bits per heavy atom. The number of para-hydroxylation sites is 2. The van der Waals surface area contributed by atoms with Crippen molar-refractivity contribution in [3.05, 3.63) is 64.4 Å². The molecule has 1 heterocycles. The second-order valence-electron chi connectivity index (χ2n) is 6.31. The molecule has 0 aliphatic heterocycles. The molecule has 1 aliphatic carbocycles. The first-order chi connectivity index (χ1) is 13.2. The lowest BCUT2D eigenvalue weighted by atomic mass is 10.2. The summed E-state index contributed by atoms with van der Waals surface area (Å²) in [4.78, 5) is 29.8. The summed E-state index contributed by atoms with van der Waals surface area (Å²) in [6.45, 7) is 0. The van der Waals surface area contributed by atoms with Crippen LogP contribution < -0.4 is 10.9 Å². The highest BCUT2D eigenvalue weighted by molar-refractivity contribution is 7.99. The van der Waals surface area contributed by atoms with E-state index in [1.807, 2.05) is 12.1 Å². The van der Waals surface area contributed by atoms with Crippen LogP contribution in [0.4, 0.5) is 5.69 Å². The zero-order chi connectivity index (χ0) is 18.8. The van der Waals surface area contributed by atoms with Crippen molar-refractivity contribution >= 4 is 34.3 Å². The lowest BCUT2D eigenvalue weighted by molar-refractivity contribution is -0.113. The molecule has 134 valence electrons. The Hall–Kier alpha value is -3.11. The van der Waals surface area contributed by atoms with Crippen molar-refractivity contribution in [1.82, 2.24) is 9.55 Å². The molecule has 7 heteroatoms. The molecule has 1 N–H and O–H groups in total. The zero-order valence-corrected chi connectivity index (χ0v) is 15.2. The van der Waals surface area contributed by atoms with Crippen LogP contribution >= 0.6 is 11.8 Å². The van der Waals surface area contributed by atoms with Crippen molar-refractivity contribution in [1.29, 1.82) is 5.26 Å². The Labute approximate surface area is 159 Å². The third-order valence-electron chi connectivity index (χ3n) is 4.34. The number of fused-ring (bicyclic) bond motifs is 1. The van der Waals surface area contributed by atoms with Crippen LogP contribution in [0.25, 0.3) is 10.9 Å². The Morgan fingerprint density at radius 1 is 1.22 bits per heavy atom. The fourth-order valence-corrected chi connectivity index (χ4v) is 3.75. The summed E-state index contributed by atoms with van der Waals surface area (Å²) >= 11 is 1.24. The molecule has 1 fully saturated rings. The topological polar surface area (TPSA) is 87.8 Å². The molecular formula is C20H16N4O2S. The van der Waals surface area contributed by atoms with E-state index in [4.69, 9.17) is 5.26 Å². The molecule has 2 aromatic carbocycles. The predicted molar refractivity (Wildman–Crippen MR) is 105 cm³/mol. The van der Waals surface area contributed by atoms with Crippen LogP contribution in [0.15, 0.2) is 58.5 Å². The first-order valence-corrected chi connectivity index (χ1v) is 9.59. The maximum absolute atomic E-state index is 12.8. The van der Waals surface area contributed by atoms with Crippen LogP contribution in [0, 0.1) is 11.3 Å². The monoisotopic (exact) mass is 376 g/mol. The van der Waals surface area contributed by atoms with Crippen LogP contribution in [-0.2, 0) is 4.79 Å². The summed E-state index contributed by atoms with van der Waals surface area (Å²) in [6, 6.07) is 16.3. The van der Waals surface area contributed by atoms with Crippen molar-refractivity contribution in [3.63, 3.8) is 0 Å². The lowest BCUT2D eigenvalue weighted by Gasteiger charge is -2.12. The summed E-state index contributed by atoms with van der Waals surface area (Å²) in [5.74, 6) is -0.135. The van der Waals surface area contributed by atoms with Gasteiger partial charge in [0.15, 0.2) is 5.16 Å². The Bertz CT molecular complexity index is 1130. The molecule has 0 unspecified atom stereocenters. The minimum absolute atomic E-state index is 0.0548. The van der Waals surface area contributed by atoms with E-state index in [1.165, 1.54) is 11.8 Å². The van der Waals surface area contributed by atoms with Gasteiger partial charge in [-0.25, -0.2) is 4.98 Å². The van der Waals surface area contributed by atoms with E-state index in [-0.39, 0.29) is 23.3 Å². The van der Waals surface area contributed by atoms with E-state index in [2.05, 4.69) is 16.4 Å². The molecule has 1 amide bonds. The fourth-order valence-electron chi connectivity index (χ4n) is 2.89. The fraction of sp³-hybridized carbons (Fsp3) is 0.200. The number of nitrogens with one attached hydrogen (secondary N) is 1. The molecule has 0 spiro atoms. The van der Waals surface area contributed by atoms with Gasteiger partial charge in [-0.05, 0) is 37.1 Å². The van der Waals surface area contributed by atoms with Gasteiger partial charge in [0.2, 0.25) is 5.91 Å². The number of carbonyl (C=O) groups is 1. The first kappa shape index (κ1) is 17.3. The SMILES string of the molecule is N#Cc1ccccc1NC(=O)CSc1nc2ccccc2c(=O)n1C1CC1. The molecule has 1 saturated carbocycles. The van der Waals surface area contributed by atoms with E-state index in [0.29, 0.717) is 27.3 Å². The van der Waals surface area contributed by atoms with Crippen molar-refractivity contribution < 1.29 is 4.79 Å². The number of thioether (sulfide) groups is 1. The van der Waals surface area contributed by atoms with Crippen molar-refractivity contribution in [3.8, 4) is 6.07 Å². The third-order valence-corrected chi connectivity index (χ3v) is 5.29. The number of amides is 1. The van der Waals surface area contributed by atoms with E-state index in [9.17, 15) is 9.59 Å². The number of aromatic nitrogens is 2. The number of carbonyl (C=O) groups excluding carboxylic acids is 1. The van der Waals surface area contributed by atoms with Gasteiger partial charge in [0.1, 0.15) is 6.07 Å². The zero-order valence-electron chi connectivity index (χ0n) is 14.4. The quantitative estimate of drug-likeness (QED) is 0.545. The van der Waals surface area contributed by atoms with Gasteiger partial charge in [-0.3, -0.25) is 14.2 Å². The highest BCUT2D eigenvalue weighted by atomic mass is 32.2. The smallest absolute Gasteiger partial charge is 0.262 e. The maximum Gasteiger partial charge on any atom is 0.262 e. The van der Waals surface area contributed by atoms with Crippen LogP contribution in [0.1, 0.15) is 24.4 Å². The minimum atomic E-state index is -0.243. The largest absolute Gasteiger partial charge is 0.324 e. The Kier molecular flexibility index (Phi) is 4.65. The molecule has 1 aromatic heterocycles. The predicted octanol–water partition coefficient (Wildman–Crippen LogP) is 3.33. The molecule has 0 atom stereocenters. The maximum atomic E-state index is 12.8. The molecular weight excluding hydrogens is 360 g/mol. The summed E-state index contributed by atoms with van der Waals surface area (Å²) in [5.41, 5.74) is 1.48. The highest BCUT2D eigenvalue weighted by Crippen LogP contribution is 2.36. The standard InChI is InChI=1S/C20H16N4O2S/c21-11-13-5-1-3-7-16(13)22-18(25)12-27-20-23-17-8-4-2-6-15(17)19(26)24(20)14-9-10-14/h1-8,14H,9-10,12H2,(H,22,25). The van der Waals surface area contributed by atoms with Crippen LogP contribution in [0.3, 0.4) is 0 Å². The van der Waals surface area contributed by atoms with Crippen LogP contribution in [0.2, 0.25) is 0 Å². The van der Waals surface area contributed by atoms with Crippen molar-refractivity contribution in [2.45, 2.75) is 24.0 Å². The highest BCUT2D eigenvalue weighted by Gasteiger charge is 2.28. The second kappa shape index (κ2) is 7.25. The van der Waals surface area contributed by atoms with E-state index < -0.39 is 0 Å². The third kappa shape index (κ3) is 3.57. The van der Waals surface area contributed by atoms with Crippen molar-refractivity contribution in [2.75, 3.05) is 11.1 Å². The summed E-state index contributed by atoms with van der Waals surface area (Å²) in [6.07, 6.45) is 1.91. The number of rotatable bonds is 5. The molecule has 27 heavy (non-hydrogen) atoms.